The number of rotatable bonds is 42. The van der Waals surface area contributed by atoms with Gasteiger partial charge in [0.05, 0.1) is 0 Å². The predicted molar refractivity (Wildman–Crippen MR) is 287 cm³/mol. The van der Waals surface area contributed by atoms with Crippen molar-refractivity contribution in [2.75, 3.05) is 13.2 Å². The molecule has 0 rings (SSSR count). The molecule has 0 amide bonds. The largest absolute Gasteiger partial charge is 0.462 e. The third-order valence-corrected chi connectivity index (χ3v) is 9.64. The van der Waals surface area contributed by atoms with Crippen molar-refractivity contribution >= 4 is 17.9 Å². The van der Waals surface area contributed by atoms with Crippen LogP contribution in [-0.2, 0) is 28.6 Å². The highest BCUT2D eigenvalue weighted by Gasteiger charge is 2.19. The van der Waals surface area contributed by atoms with Crippen LogP contribution in [0.4, 0.5) is 0 Å². The predicted octanol–water partition coefficient (Wildman–Crippen LogP) is 17.0. The summed E-state index contributed by atoms with van der Waals surface area (Å²) in [5.41, 5.74) is 0. The lowest BCUT2D eigenvalue weighted by Gasteiger charge is -2.18. The first-order valence-electron chi connectivity index (χ1n) is 25.4. The molecule has 0 spiro atoms. The smallest absolute Gasteiger partial charge is 0.306 e. The van der Waals surface area contributed by atoms with Crippen LogP contribution >= 0.6 is 0 Å². The lowest BCUT2D eigenvalue weighted by atomic mass is 10.1. The van der Waals surface area contributed by atoms with Crippen molar-refractivity contribution in [3.05, 3.63) is 182 Å². The van der Waals surface area contributed by atoms with Crippen LogP contribution in [0.2, 0.25) is 0 Å². The van der Waals surface area contributed by atoms with Crippen LogP contribution < -0.4 is 0 Å². The van der Waals surface area contributed by atoms with Crippen LogP contribution in [0.3, 0.4) is 0 Å². The highest BCUT2D eigenvalue weighted by atomic mass is 16.6. The lowest BCUT2D eigenvalue weighted by molar-refractivity contribution is -0.167. The summed E-state index contributed by atoms with van der Waals surface area (Å²) in [7, 11) is 0. The number of hydrogen-bond donors (Lipinski definition) is 0. The molecule has 0 aromatic rings. The molecule has 0 heterocycles. The molecule has 0 aliphatic rings. The minimum Gasteiger partial charge on any atom is -0.462 e. The van der Waals surface area contributed by atoms with Gasteiger partial charge in [-0.25, -0.2) is 0 Å². The van der Waals surface area contributed by atoms with Gasteiger partial charge >= 0.3 is 17.9 Å². The summed E-state index contributed by atoms with van der Waals surface area (Å²) in [4.78, 5) is 38.0. The number of unbranched alkanes of at least 4 members (excludes halogenated alkanes) is 9. The molecule has 0 aromatic heterocycles. The van der Waals surface area contributed by atoms with E-state index in [0.717, 1.165) is 109 Å². The van der Waals surface area contributed by atoms with Gasteiger partial charge in [0.2, 0.25) is 0 Å². The summed E-state index contributed by atoms with van der Waals surface area (Å²) in [6.45, 7) is 6.10. The van der Waals surface area contributed by atoms with E-state index in [0.29, 0.717) is 19.3 Å². The molecular formula is C61H88O6. The molecule has 0 aliphatic carbocycles. The number of hydrogen-bond acceptors (Lipinski definition) is 6. The number of carbonyl (C=O) groups excluding carboxylic acids is 3. The number of ether oxygens (including phenoxy) is 3. The summed E-state index contributed by atoms with van der Waals surface area (Å²) in [5, 5.41) is 0. The number of carbonyl (C=O) groups is 3. The molecule has 0 fully saturated rings. The molecule has 368 valence electrons. The lowest BCUT2D eigenvalue weighted by Crippen LogP contribution is -2.30. The van der Waals surface area contributed by atoms with Gasteiger partial charge in [-0.2, -0.15) is 0 Å². The topological polar surface area (TPSA) is 78.9 Å². The SMILES string of the molecule is CC\C=C/C=C\C=C/C=C\C=C\C=C/C=C\CCCCCC(=O)OCC(COC(=O)CCCCCCC\C=C/C=C\C=C/CC)OC(=O)CCC/C=C\C/C=C\C/C=C\C/C=C\C/C=C\CC. The van der Waals surface area contributed by atoms with Gasteiger partial charge in [0.1, 0.15) is 13.2 Å². The fourth-order valence-electron chi connectivity index (χ4n) is 5.93. The highest BCUT2D eigenvalue weighted by molar-refractivity contribution is 5.71. The van der Waals surface area contributed by atoms with Crippen molar-refractivity contribution < 1.29 is 28.6 Å². The summed E-state index contributed by atoms with van der Waals surface area (Å²) in [5.74, 6) is -1.08. The Kier molecular flexibility index (Phi) is 48.8. The van der Waals surface area contributed by atoms with Gasteiger partial charge in [-0.15, -0.1) is 0 Å². The second kappa shape index (κ2) is 53.1. The van der Waals surface area contributed by atoms with Crippen LogP contribution in [-0.4, -0.2) is 37.2 Å². The molecular weight excluding hydrogens is 829 g/mol. The molecule has 1 unspecified atom stereocenters. The first kappa shape index (κ1) is 61.5. The Morgan fingerprint density at radius 2 is 0.627 bits per heavy atom. The first-order chi connectivity index (χ1) is 33.0. The van der Waals surface area contributed by atoms with E-state index in [-0.39, 0.29) is 38.0 Å². The second-order valence-electron chi connectivity index (χ2n) is 15.8. The molecule has 0 bridgehead atoms. The molecule has 0 saturated heterocycles. The average Bonchev–Trinajstić information content (AvgIpc) is 3.33. The van der Waals surface area contributed by atoms with Crippen molar-refractivity contribution in [3.8, 4) is 0 Å². The molecule has 0 aromatic carbocycles. The molecule has 6 heteroatoms. The van der Waals surface area contributed by atoms with Crippen molar-refractivity contribution in [2.45, 2.75) is 168 Å². The Morgan fingerprint density at radius 1 is 0.313 bits per heavy atom. The van der Waals surface area contributed by atoms with Gasteiger partial charge in [-0.1, -0.05) is 229 Å². The molecule has 6 nitrogen and oxygen atoms in total. The van der Waals surface area contributed by atoms with Gasteiger partial charge in [0.15, 0.2) is 6.10 Å². The Hall–Kier alpha value is -5.49. The van der Waals surface area contributed by atoms with E-state index < -0.39 is 12.1 Å². The maximum absolute atomic E-state index is 12.8. The number of allylic oxidation sites excluding steroid dienone is 30. The molecule has 1 atom stereocenters. The molecule has 0 N–H and O–H groups in total. The summed E-state index contributed by atoms with van der Waals surface area (Å²) in [6.07, 6.45) is 80.2. The van der Waals surface area contributed by atoms with Crippen molar-refractivity contribution in [3.63, 3.8) is 0 Å². The number of esters is 3. The third kappa shape index (κ3) is 51.4. The second-order valence-corrected chi connectivity index (χ2v) is 15.8. The van der Waals surface area contributed by atoms with Gasteiger partial charge in [-0.05, 0) is 96.3 Å². The zero-order valence-electron chi connectivity index (χ0n) is 41.8. The third-order valence-electron chi connectivity index (χ3n) is 9.64. The minimum absolute atomic E-state index is 0.137. The van der Waals surface area contributed by atoms with Crippen molar-refractivity contribution in [1.29, 1.82) is 0 Å². The maximum atomic E-state index is 12.8. The summed E-state index contributed by atoms with van der Waals surface area (Å²) >= 11 is 0. The quantitative estimate of drug-likeness (QED) is 0.0200. The fraction of sp³-hybridized carbons (Fsp3) is 0.459. The van der Waals surface area contributed by atoms with Crippen LogP contribution in [0.1, 0.15) is 162 Å². The van der Waals surface area contributed by atoms with Gasteiger partial charge in [-0.3, -0.25) is 14.4 Å². The Labute approximate surface area is 408 Å². The Morgan fingerprint density at radius 3 is 1.06 bits per heavy atom. The van der Waals surface area contributed by atoms with Crippen LogP contribution in [0.15, 0.2) is 182 Å². The maximum Gasteiger partial charge on any atom is 0.306 e. The van der Waals surface area contributed by atoms with E-state index in [4.69, 9.17) is 14.2 Å². The average molecular weight is 917 g/mol. The summed E-state index contributed by atoms with van der Waals surface area (Å²) < 4.78 is 16.7. The summed E-state index contributed by atoms with van der Waals surface area (Å²) in [6, 6.07) is 0. The zero-order chi connectivity index (χ0) is 48.6. The Balaban J connectivity index is 4.66. The van der Waals surface area contributed by atoms with Gasteiger partial charge in [0, 0.05) is 19.3 Å². The van der Waals surface area contributed by atoms with Crippen LogP contribution in [0.5, 0.6) is 0 Å². The zero-order valence-corrected chi connectivity index (χ0v) is 41.8. The highest BCUT2D eigenvalue weighted by Crippen LogP contribution is 2.11. The standard InChI is InChI=1S/C61H88O6/c1-4-7-10-13-16-19-22-25-27-29-30-32-33-36-39-42-45-48-51-54-60(63)66-57-58(56-65-59(62)53-50-47-44-41-38-35-24-21-18-15-12-9-6-3)67-61(64)55-52-49-46-43-40-37-34-31-28-26-23-20-17-14-11-8-5-2/h7-13,15-22,24-30,32-34,36-37,39,43,46,58H,4-6,14,23,31,35,38,40-42,44-45,47-57H2,1-3H3/b10-7-,11-8-,12-9-,16-13-,18-15-,20-17-,22-19-,24-21-,27-25-,28-26-,30-29+,33-32-,37-34-,39-36-,46-43-. The van der Waals surface area contributed by atoms with E-state index in [1.807, 2.05) is 79.0 Å². The normalized spacial score (nSPS) is 13.7. The van der Waals surface area contributed by atoms with Crippen LogP contribution in [0, 0.1) is 0 Å². The first-order valence-corrected chi connectivity index (χ1v) is 25.4. The Bertz CT molecular complexity index is 1670. The van der Waals surface area contributed by atoms with Gasteiger partial charge < -0.3 is 14.2 Å². The fourth-order valence-corrected chi connectivity index (χ4v) is 5.93. The molecule has 67 heavy (non-hydrogen) atoms. The van der Waals surface area contributed by atoms with Crippen molar-refractivity contribution in [1.82, 2.24) is 0 Å². The van der Waals surface area contributed by atoms with Crippen molar-refractivity contribution in [2.24, 2.45) is 0 Å². The minimum atomic E-state index is -0.846. The van der Waals surface area contributed by atoms with E-state index >= 15 is 0 Å². The van der Waals surface area contributed by atoms with Crippen LogP contribution in [0.25, 0.3) is 0 Å². The molecule has 0 radical (unpaired) electrons. The van der Waals surface area contributed by atoms with E-state index in [1.54, 1.807) is 0 Å². The van der Waals surface area contributed by atoms with E-state index in [1.165, 1.54) is 0 Å². The van der Waals surface area contributed by atoms with Gasteiger partial charge in [0.25, 0.3) is 0 Å². The monoisotopic (exact) mass is 917 g/mol. The molecule has 0 aliphatic heterocycles. The van der Waals surface area contributed by atoms with E-state index in [9.17, 15) is 14.4 Å². The van der Waals surface area contributed by atoms with E-state index in [2.05, 4.69) is 124 Å². The molecule has 0 saturated carbocycles.